The Morgan fingerprint density at radius 2 is 2.23 bits per heavy atom. The van der Waals surface area contributed by atoms with Crippen LogP contribution in [0.3, 0.4) is 0 Å². The summed E-state index contributed by atoms with van der Waals surface area (Å²) >= 11 is 0. The van der Waals surface area contributed by atoms with E-state index in [1.807, 2.05) is 19.1 Å². The Kier molecular flexibility index (Phi) is 1.94. The number of alkyl halides is 2. The van der Waals surface area contributed by atoms with E-state index in [1.54, 1.807) is 6.07 Å². The second kappa shape index (κ2) is 2.98. The molecule has 0 N–H and O–H groups in total. The van der Waals surface area contributed by atoms with Crippen molar-refractivity contribution in [3.8, 4) is 5.75 Å². The van der Waals surface area contributed by atoms with Crippen LogP contribution in [-0.2, 0) is 6.42 Å². The molecule has 0 saturated heterocycles. The summed E-state index contributed by atoms with van der Waals surface area (Å²) < 4.78 is 29.6. The van der Waals surface area contributed by atoms with E-state index in [1.165, 1.54) is 0 Å². The topological polar surface area (TPSA) is 9.23 Å². The minimum Gasteiger partial charge on any atom is -0.484 e. The predicted molar refractivity (Wildman–Crippen MR) is 45.3 cm³/mol. The molecule has 0 fully saturated rings. The van der Waals surface area contributed by atoms with Crippen molar-refractivity contribution in [1.82, 2.24) is 0 Å². The van der Waals surface area contributed by atoms with Crippen molar-refractivity contribution in [2.75, 3.05) is 0 Å². The quantitative estimate of drug-likeness (QED) is 0.651. The van der Waals surface area contributed by atoms with E-state index < -0.39 is 12.5 Å². The zero-order chi connectivity index (χ0) is 9.42. The van der Waals surface area contributed by atoms with Crippen LogP contribution in [0.4, 0.5) is 8.78 Å². The molecule has 0 saturated carbocycles. The second-order valence-electron chi connectivity index (χ2n) is 3.31. The highest BCUT2D eigenvalue weighted by molar-refractivity contribution is 5.40. The Labute approximate surface area is 75.3 Å². The maximum atomic E-state index is 12.3. The summed E-state index contributed by atoms with van der Waals surface area (Å²) in [6.07, 6.45) is -3.01. The maximum Gasteiger partial charge on any atom is 0.275 e. The molecule has 0 amide bonds. The lowest BCUT2D eigenvalue weighted by Crippen LogP contribution is -2.22. The van der Waals surface area contributed by atoms with E-state index in [9.17, 15) is 8.78 Å². The summed E-state index contributed by atoms with van der Waals surface area (Å²) in [5.41, 5.74) is 1.97. The van der Waals surface area contributed by atoms with Crippen LogP contribution in [-0.4, -0.2) is 12.5 Å². The van der Waals surface area contributed by atoms with Crippen LogP contribution in [0, 0.1) is 6.92 Å². The van der Waals surface area contributed by atoms with Crippen molar-refractivity contribution in [3.05, 3.63) is 29.3 Å². The van der Waals surface area contributed by atoms with Crippen LogP contribution < -0.4 is 4.74 Å². The summed E-state index contributed by atoms with van der Waals surface area (Å²) in [6.45, 7) is 1.94. The first-order valence-electron chi connectivity index (χ1n) is 4.21. The van der Waals surface area contributed by atoms with E-state index in [0.717, 1.165) is 11.1 Å². The molecule has 1 nitrogen and oxygen atoms in total. The minimum absolute atomic E-state index is 0.328. The largest absolute Gasteiger partial charge is 0.484 e. The van der Waals surface area contributed by atoms with Gasteiger partial charge in [0.05, 0.1) is 0 Å². The molecule has 0 spiro atoms. The smallest absolute Gasteiger partial charge is 0.275 e. The van der Waals surface area contributed by atoms with Gasteiger partial charge in [0.1, 0.15) is 5.75 Å². The van der Waals surface area contributed by atoms with Crippen molar-refractivity contribution < 1.29 is 13.5 Å². The molecule has 0 radical (unpaired) electrons. The van der Waals surface area contributed by atoms with Gasteiger partial charge in [-0.05, 0) is 18.6 Å². The zero-order valence-electron chi connectivity index (χ0n) is 7.26. The molecule has 0 aliphatic carbocycles. The van der Waals surface area contributed by atoms with Gasteiger partial charge in [0.2, 0.25) is 0 Å². The maximum absolute atomic E-state index is 12.3. The number of fused-ring (bicyclic) bond motifs is 1. The second-order valence-corrected chi connectivity index (χ2v) is 3.31. The van der Waals surface area contributed by atoms with Crippen molar-refractivity contribution in [2.45, 2.75) is 25.9 Å². The number of ether oxygens (including phenoxy) is 1. The third kappa shape index (κ3) is 1.50. The van der Waals surface area contributed by atoms with Crippen molar-refractivity contribution in [3.63, 3.8) is 0 Å². The van der Waals surface area contributed by atoms with Gasteiger partial charge >= 0.3 is 0 Å². The average molecular weight is 184 g/mol. The normalized spacial score (nSPS) is 20.2. The SMILES string of the molecule is Cc1ccc2c(c1)CC(C(F)F)O2. The van der Waals surface area contributed by atoms with Crippen LogP contribution in [0.1, 0.15) is 11.1 Å². The summed E-state index contributed by atoms with van der Waals surface area (Å²) in [5, 5.41) is 0. The summed E-state index contributed by atoms with van der Waals surface area (Å²) in [6, 6.07) is 5.53. The highest BCUT2D eigenvalue weighted by Crippen LogP contribution is 2.31. The van der Waals surface area contributed by atoms with Gasteiger partial charge in [-0.3, -0.25) is 0 Å². The molecule has 1 aliphatic rings. The highest BCUT2D eigenvalue weighted by atomic mass is 19.3. The molecule has 1 atom stereocenters. The average Bonchev–Trinajstić information content (AvgIpc) is 2.46. The van der Waals surface area contributed by atoms with Crippen LogP contribution in [0.25, 0.3) is 0 Å². The monoisotopic (exact) mass is 184 g/mol. The molecule has 1 aromatic carbocycles. The van der Waals surface area contributed by atoms with E-state index in [-0.39, 0.29) is 0 Å². The zero-order valence-corrected chi connectivity index (χ0v) is 7.26. The Hall–Kier alpha value is -1.12. The first kappa shape index (κ1) is 8.48. The van der Waals surface area contributed by atoms with Gasteiger partial charge in [0, 0.05) is 6.42 Å². The number of aryl methyl sites for hydroxylation is 1. The van der Waals surface area contributed by atoms with E-state index in [0.29, 0.717) is 12.2 Å². The van der Waals surface area contributed by atoms with Crippen molar-refractivity contribution >= 4 is 0 Å². The standard InChI is InChI=1S/C10H10F2O/c1-6-2-3-8-7(4-6)5-9(13-8)10(11)12/h2-4,9-10H,5H2,1H3. The van der Waals surface area contributed by atoms with E-state index in [2.05, 4.69) is 0 Å². The lowest BCUT2D eigenvalue weighted by atomic mass is 10.1. The van der Waals surface area contributed by atoms with Gasteiger partial charge in [0.25, 0.3) is 6.43 Å². The Balaban J connectivity index is 2.25. The Morgan fingerprint density at radius 1 is 1.46 bits per heavy atom. The third-order valence-corrected chi connectivity index (χ3v) is 2.20. The fourth-order valence-electron chi connectivity index (χ4n) is 1.54. The number of halogens is 2. The number of benzene rings is 1. The highest BCUT2D eigenvalue weighted by Gasteiger charge is 2.30. The van der Waals surface area contributed by atoms with Gasteiger partial charge in [-0.15, -0.1) is 0 Å². The fraction of sp³-hybridized carbons (Fsp3) is 0.400. The molecule has 1 unspecified atom stereocenters. The van der Waals surface area contributed by atoms with E-state index >= 15 is 0 Å². The molecule has 2 rings (SSSR count). The molecule has 1 aromatic rings. The minimum atomic E-state index is -2.40. The first-order chi connectivity index (χ1) is 6.16. The molecule has 0 bridgehead atoms. The van der Waals surface area contributed by atoms with Gasteiger partial charge < -0.3 is 4.74 Å². The Morgan fingerprint density at radius 3 is 2.92 bits per heavy atom. The fourth-order valence-corrected chi connectivity index (χ4v) is 1.54. The van der Waals surface area contributed by atoms with Gasteiger partial charge in [-0.1, -0.05) is 17.7 Å². The number of hydrogen-bond donors (Lipinski definition) is 0. The number of rotatable bonds is 1. The molecule has 70 valence electrons. The summed E-state index contributed by atoms with van der Waals surface area (Å²) in [7, 11) is 0. The van der Waals surface area contributed by atoms with Crippen molar-refractivity contribution in [1.29, 1.82) is 0 Å². The van der Waals surface area contributed by atoms with Crippen LogP contribution in [0.15, 0.2) is 18.2 Å². The van der Waals surface area contributed by atoms with Crippen LogP contribution >= 0.6 is 0 Å². The lowest BCUT2D eigenvalue weighted by Gasteiger charge is -2.07. The lowest BCUT2D eigenvalue weighted by molar-refractivity contribution is 0.0246. The summed E-state index contributed by atoms with van der Waals surface area (Å²) in [5.74, 6) is 0.607. The third-order valence-electron chi connectivity index (χ3n) is 2.20. The molecule has 3 heteroatoms. The first-order valence-corrected chi connectivity index (χ1v) is 4.21. The van der Waals surface area contributed by atoms with Crippen molar-refractivity contribution in [2.24, 2.45) is 0 Å². The molecule has 1 heterocycles. The number of hydrogen-bond acceptors (Lipinski definition) is 1. The predicted octanol–water partition coefficient (Wildman–Crippen LogP) is 2.56. The molecule has 1 aliphatic heterocycles. The van der Waals surface area contributed by atoms with Gasteiger partial charge in [0.15, 0.2) is 6.10 Å². The van der Waals surface area contributed by atoms with E-state index in [4.69, 9.17) is 4.74 Å². The van der Waals surface area contributed by atoms with Gasteiger partial charge in [-0.25, -0.2) is 8.78 Å². The Bertz CT molecular complexity index is 323. The summed E-state index contributed by atoms with van der Waals surface area (Å²) in [4.78, 5) is 0. The molecule has 13 heavy (non-hydrogen) atoms. The molecular formula is C10H10F2O. The van der Waals surface area contributed by atoms with Crippen LogP contribution in [0.2, 0.25) is 0 Å². The van der Waals surface area contributed by atoms with Gasteiger partial charge in [-0.2, -0.15) is 0 Å². The van der Waals surface area contributed by atoms with Crippen LogP contribution in [0.5, 0.6) is 5.75 Å². The molecule has 0 aromatic heterocycles. The molecular weight excluding hydrogens is 174 g/mol.